The van der Waals surface area contributed by atoms with Gasteiger partial charge in [-0.1, -0.05) is 12.1 Å². The molecule has 0 N–H and O–H groups in total. The van der Waals surface area contributed by atoms with E-state index in [0.717, 1.165) is 30.0 Å². The number of piperidine rings is 2. The number of rotatable bonds is 6. The third-order valence-corrected chi connectivity index (χ3v) is 8.85. The maximum absolute atomic E-state index is 13.6. The fourth-order valence-corrected chi connectivity index (χ4v) is 6.58. The average Bonchev–Trinajstić information content (AvgIpc) is 3.55. The summed E-state index contributed by atoms with van der Waals surface area (Å²) in [6.07, 6.45) is 2.87. The summed E-state index contributed by atoms with van der Waals surface area (Å²) < 4.78 is 5.15. The van der Waals surface area contributed by atoms with Crippen LogP contribution in [-0.2, 0) is 14.3 Å². The van der Waals surface area contributed by atoms with Gasteiger partial charge in [-0.25, -0.2) is 0 Å². The number of amides is 3. The SMILES string of the molecule is CCOC(=O)C1CCN(C(=O)[C@H]2CCCN(c3cccc4c3C(=O)N([C@H](C)c3cccs3)C4=O)C2)CC1. The summed E-state index contributed by atoms with van der Waals surface area (Å²) in [5.74, 6) is -0.922. The summed E-state index contributed by atoms with van der Waals surface area (Å²) in [6, 6.07) is 8.96. The molecule has 3 aliphatic rings. The summed E-state index contributed by atoms with van der Waals surface area (Å²) in [4.78, 5) is 58.6. The van der Waals surface area contributed by atoms with Gasteiger partial charge in [-0.2, -0.15) is 0 Å². The minimum atomic E-state index is -0.339. The summed E-state index contributed by atoms with van der Waals surface area (Å²) in [6.45, 7) is 6.41. The van der Waals surface area contributed by atoms with Crippen molar-refractivity contribution in [3.63, 3.8) is 0 Å². The minimum Gasteiger partial charge on any atom is -0.466 e. The van der Waals surface area contributed by atoms with Crippen LogP contribution in [0.1, 0.15) is 71.2 Å². The first-order valence-corrected chi connectivity index (χ1v) is 14.0. The number of imide groups is 1. The number of thiophene rings is 1. The van der Waals surface area contributed by atoms with Crippen LogP contribution in [0.4, 0.5) is 5.69 Å². The number of carbonyl (C=O) groups excluding carboxylic acids is 4. The van der Waals surface area contributed by atoms with E-state index in [9.17, 15) is 19.2 Å². The van der Waals surface area contributed by atoms with Gasteiger partial charge in [0.2, 0.25) is 5.91 Å². The van der Waals surface area contributed by atoms with Crippen molar-refractivity contribution >= 4 is 40.7 Å². The normalized spacial score (nSPS) is 21.2. The molecule has 5 rings (SSSR count). The largest absolute Gasteiger partial charge is 0.466 e. The molecule has 0 spiro atoms. The molecule has 8 nitrogen and oxygen atoms in total. The fraction of sp³-hybridized carbons (Fsp3) is 0.500. The summed E-state index contributed by atoms with van der Waals surface area (Å²) in [7, 11) is 0. The molecule has 1 aromatic carbocycles. The molecular formula is C28H33N3O5S. The summed E-state index contributed by atoms with van der Waals surface area (Å²) >= 11 is 1.53. The molecule has 2 atom stereocenters. The number of hydrogen-bond acceptors (Lipinski definition) is 7. The van der Waals surface area contributed by atoms with Crippen LogP contribution in [0, 0.1) is 11.8 Å². The van der Waals surface area contributed by atoms with Crippen LogP contribution in [-0.4, -0.2) is 66.3 Å². The van der Waals surface area contributed by atoms with E-state index in [1.165, 1.54) is 16.2 Å². The number of esters is 1. The highest BCUT2D eigenvalue weighted by Gasteiger charge is 2.42. The van der Waals surface area contributed by atoms with Crippen molar-refractivity contribution in [1.82, 2.24) is 9.80 Å². The Balaban J connectivity index is 1.30. The second-order valence-corrected chi connectivity index (χ2v) is 11.0. The quantitative estimate of drug-likeness (QED) is 0.418. The standard InChI is InChI=1S/C28H33N3O5S/c1-3-36-28(35)19-11-14-29(15-12-19)25(32)20-7-5-13-30(17-20)22-9-4-8-21-24(22)27(34)31(26(21)33)18(2)23-10-6-16-37-23/h4,6,8-10,16,18-20H,3,5,7,11-15,17H2,1-2H3/t18-,20+/m1/s1. The van der Waals surface area contributed by atoms with Gasteiger partial charge in [0.05, 0.1) is 41.3 Å². The van der Waals surface area contributed by atoms with E-state index in [1.807, 2.05) is 41.5 Å². The lowest BCUT2D eigenvalue weighted by atomic mass is 9.92. The number of likely N-dealkylation sites (tertiary alicyclic amines) is 1. The maximum Gasteiger partial charge on any atom is 0.309 e. The highest BCUT2D eigenvalue weighted by Crippen LogP contribution is 2.38. The van der Waals surface area contributed by atoms with Crippen LogP contribution in [0.2, 0.25) is 0 Å². The van der Waals surface area contributed by atoms with Gasteiger partial charge in [0, 0.05) is 31.1 Å². The van der Waals surface area contributed by atoms with E-state index < -0.39 is 0 Å². The number of ether oxygens (including phenoxy) is 1. The summed E-state index contributed by atoms with van der Waals surface area (Å²) in [5, 5.41) is 1.94. The fourth-order valence-electron chi connectivity index (χ4n) is 5.81. The van der Waals surface area contributed by atoms with Gasteiger partial charge in [0.15, 0.2) is 0 Å². The second kappa shape index (κ2) is 10.7. The number of carbonyl (C=O) groups is 4. The Hall–Kier alpha value is -3.20. The molecule has 2 aromatic rings. The van der Waals surface area contributed by atoms with Crippen LogP contribution in [0.15, 0.2) is 35.7 Å². The van der Waals surface area contributed by atoms with E-state index in [4.69, 9.17) is 4.74 Å². The highest BCUT2D eigenvalue weighted by molar-refractivity contribution is 7.10. The van der Waals surface area contributed by atoms with Gasteiger partial charge in [-0.05, 0) is 63.1 Å². The molecule has 0 radical (unpaired) electrons. The Morgan fingerprint density at radius 3 is 2.51 bits per heavy atom. The van der Waals surface area contributed by atoms with E-state index in [1.54, 1.807) is 13.0 Å². The van der Waals surface area contributed by atoms with Gasteiger partial charge < -0.3 is 14.5 Å². The van der Waals surface area contributed by atoms with Crippen molar-refractivity contribution in [2.45, 2.75) is 45.6 Å². The molecule has 3 amide bonds. The molecule has 0 aliphatic carbocycles. The van der Waals surface area contributed by atoms with E-state index in [-0.39, 0.29) is 41.6 Å². The van der Waals surface area contributed by atoms with Crippen molar-refractivity contribution in [2.75, 3.05) is 37.7 Å². The lowest BCUT2D eigenvalue weighted by Gasteiger charge is -2.38. The average molecular weight is 524 g/mol. The molecule has 9 heteroatoms. The Morgan fingerprint density at radius 1 is 1.03 bits per heavy atom. The van der Waals surface area contributed by atoms with Crippen molar-refractivity contribution < 1.29 is 23.9 Å². The van der Waals surface area contributed by atoms with Gasteiger partial charge >= 0.3 is 5.97 Å². The van der Waals surface area contributed by atoms with Gasteiger partial charge in [-0.3, -0.25) is 24.1 Å². The molecular weight excluding hydrogens is 490 g/mol. The predicted molar refractivity (Wildman–Crippen MR) is 141 cm³/mol. The highest BCUT2D eigenvalue weighted by atomic mass is 32.1. The third-order valence-electron chi connectivity index (χ3n) is 7.80. The zero-order chi connectivity index (χ0) is 26.1. The molecule has 2 saturated heterocycles. The molecule has 0 saturated carbocycles. The summed E-state index contributed by atoms with van der Waals surface area (Å²) in [5.41, 5.74) is 1.61. The Morgan fingerprint density at radius 2 is 1.81 bits per heavy atom. The number of nitrogens with zero attached hydrogens (tertiary/aromatic N) is 3. The molecule has 1 aromatic heterocycles. The Labute approximate surface area is 221 Å². The first-order chi connectivity index (χ1) is 17.9. The Bertz CT molecular complexity index is 1190. The van der Waals surface area contributed by atoms with E-state index in [0.29, 0.717) is 50.2 Å². The molecule has 0 bridgehead atoms. The molecule has 3 aliphatic heterocycles. The molecule has 37 heavy (non-hydrogen) atoms. The van der Waals surface area contributed by atoms with Crippen LogP contribution in [0.25, 0.3) is 0 Å². The number of fused-ring (bicyclic) bond motifs is 1. The third kappa shape index (κ3) is 4.77. The second-order valence-electron chi connectivity index (χ2n) is 10.0. The van der Waals surface area contributed by atoms with Crippen LogP contribution in [0.5, 0.6) is 0 Å². The Kier molecular flexibility index (Phi) is 7.33. The van der Waals surface area contributed by atoms with Gasteiger partial charge in [0.25, 0.3) is 11.8 Å². The van der Waals surface area contributed by atoms with Crippen LogP contribution in [0.3, 0.4) is 0 Å². The van der Waals surface area contributed by atoms with E-state index in [2.05, 4.69) is 4.90 Å². The minimum absolute atomic E-state index is 0.106. The van der Waals surface area contributed by atoms with Gasteiger partial charge in [0.1, 0.15) is 0 Å². The van der Waals surface area contributed by atoms with Gasteiger partial charge in [-0.15, -0.1) is 11.3 Å². The maximum atomic E-state index is 13.6. The number of anilines is 1. The van der Waals surface area contributed by atoms with E-state index >= 15 is 0 Å². The number of hydrogen-bond donors (Lipinski definition) is 0. The van der Waals surface area contributed by atoms with Crippen LogP contribution >= 0.6 is 11.3 Å². The topological polar surface area (TPSA) is 87.2 Å². The van der Waals surface area contributed by atoms with Crippen molar-refractivity contribution in [3.8, 4) is 0 Å². The van der Waals surface area contributed by atoms with Crippen molar-refractivity contribution in [3.05, 3.63) is 51.7 Å². The lowest BCUT2D eigenvalue weighted by Crippen LogP contribution is -2.48. The molecule has 0 unspecified atom stereocenters. The number of benzene rings is 1. The zero-order valence-corrected chi connectivity index (χ0v) is 22.2. The smallest absolute Gasteiger partial charge is 0.309 e. The van der Waals surface area contributed by atoms with Crippen molar-refractivity contribution in [1.29, 1.82) is 0 Å². The molecule has 2 fully saturated rings. The zero-order valence-electron chi connectivity index (χ0n) is 21.4. The lowest BCUT2D eigenvalue weighted by molar-refractivity contribution is -0.151. The molecule has 4 heterocycles. The molecule has 196 valence electrons. The first kappa shape index (κ1) is 25.4. The van der Waals surface area contributed by atoms with Crippen LogP contribution < -0.4 is 4.90 Å². The predicted octanol–water partition coefficient (Wildman–Crippen LogP) is 4.12. The van der Waals surface area contributed by atoms with Crippen molar-refractivity contribution in [2.24, 2.45) is 11.8 Å². The monoisotopic (exact) mass is 523 g/mol. The first-order valence-electron chi connectivity index (χ1n) is 13.1.